The second kappa shape index (κ2) is 3.66. The molecule has 2 aliphatic heterocycles. The van der Waals surface area contributed by atoms with Crippen LogP contribution in [0.25, 0.3) is 0 Å². The number of hydrogen-bond acceptors (Lipinski definition) is 4. The molecule has 0 radical (unpaired) electrons. The van der Waals surface area contributed by atoms with Crippen molar-refractivity contribution in [3.8, 4) is 0 Å². The summed E-state index contributed by atoms with van der Waals surface area (Å²) in [6.07, 6.45) is 1.74. The minimum Gasteiger partial charge on any atom is -0.385 e. The Balaban J connectivity index is 2.18. The van der Waals surface area contributed by atoms with Gasteiger partial charge in [-0.1, -0.05) is 6.08 Å². The van der Waals surface area contributed by atoms with Gasteiger partial charge >= 0.3 is 0 Å². The number of hydrogen-bond donors (Lipinski definition) is 1. The van der Waals surface area contributed by atoms with Crippen molar-refractivity contribution in [3.63, 3.8) is 0 Å². The largest absolute Gasteiger partial charge is 0.385 e. The van der Waals surface area contributed by atoms with Crippen LogP contribution in [0.3, 0.4) is 0 Å². The highest BCUT2D eigenvalue weighted by atomic mass is 16.7. The van der Waals surface area contributed by atoms with Gasteiger partial charge in [-0.15, -0.1) is 6.58 Å². The van der Waals surface area contributed by atoms with Gasteiger partial charge in [-0.2, -0.15) is 0 Å². The van der Waals surface area contributed by atoms with E-state index in [2.05, 4.69) is 6.58 Å². The van der Waals surface area contributed by atoms with Crippen molar-refractivity contribution in [2.75, 3.05) is 13.4 Å². The summed E-state index contributed by atoms with van der Waals surface area (Å²) in [4.78, 5) is 0. The van der Waals surface area contributed by atoms with Gasteiger partial charge in [-0.3, -0.25) is 0 Å². The van der Waals surface area contributed by atoms with E-state index in [0.717, 1.165) is 0 Å². The second-order valence-corrected chi connectivity index (χ2v) is 3.88. The lowest BCUT2D eigenvalue weighted by Crippen LogP contribution is -2.51. The Kier molecular flexibility index (Phi) is 2.66. The Morgan fingerprint density at radius 1 is 1.64 bits per heavy atom. The predicted octanol–water partition coefficient (Wildman–Crippen LogP) is -0.976. The summed E-state index contributed by atoms with van der Waals surface area (Å²) in [6, 6.07) is -0.239. The molecule has 0 aromatic carbocycles. The first-order valence-electron chi connectivity index (χ1n) is 4.86. The van der Waals surface area contributed by atoms with E-state index in [1.807, 2.05) is 7.85 Å². The molecule has 0 aromatic heterocycles. The van der Waals surface area contributed by atoms with Gasteiger partial charge in [0.25, 0.3) is 0 Å². The molecule has 2 heterocycles. The molecule has 2 fully saturated rings. The number of rotatable bonds is 2. The molecule has 2 saturated heterocycles. The average molecular weight is 198 g/mol. The summed E-state index contributed by atoms with van der Waals surface area (Å²) in [5, 5.41) is 10.4. The third kappa shape index (κ3) is 1.41. The van der Waals surface area contributed by atoms with Gasteiger partial charge in [0.2, 0.25) is 0 Å². The molecule has 14 heavy (non-hydrogen) atoms. The Bertz CT molecular complexity index is 235. The van der Waals surface area contributed by atoms with E-state index in [4.69, 9.17) is 14.2 Å². The lowest BCUT2D eigenvalue weighted by molar-refractivity contribution is -0.202. The lowest BCUT2D eigenvalue weighted by atomic mass is 9.78. The second-order valence-electron chi connectivity index (χ2n) is 3.88. The summed E-state index contributed by atoms with van der Waals surface area (Å²) in [7, 11) is 1.85. The van der Waals surface area contributed by atoms with E-state index in [1.54, 1.807) is 6.08 Å². The van der Waals surface area contributed by atoms with Crippen molar-refractivity contribution in [1.29, 1.82) is 0 Å². The number of aliphatic hydroxyl groups is 1. The van der Waals surface area contributed by atoms with Crippen molar-refractivity contribution >= 4 is 7.85 Å². The van der Waals surface area contributed by atoms with Gasteiger partial charge in [0.05, 0.1) is 12.6 Å². The normalized spacial score (nSPS) is 47.4. The molecule has 0 aliphatic carbocycles. The summed E-state index contributed by atoms with van der Waals surface area (Å²) in [5.74, 6) is 0. The van der Waals surface area contributed by atoms with Crippen LogP contribution in [0.4, 0.5) is 0 Å². The third-order valence-electron chi connectivity index (χ3n) is 3.00. The Hall–Kier alpha value is -0.355. The average Bonchev–Trinajstić information content (AvgIpc) is 2.41. The van der Waals surface area contributed by atoms with Crippen LogP contribution in [0.5, 0.6) is 0 Å². The number of fused-ring (bicyclic) bond motifs is 1. The smallest absolute Gasteiger partial charge is 0.147 e. The molecule has 4 nitrogen and oxygen atoms in total. The highest BCUT2D eigenvalue weighted by molar-refractivity contribution is 6.12. The molecular weight excluding hydrogens is 183 g/mol. The Morgan fingerprint density at radius 2 is 2.43 bits per heavy atom. The fourth-order valence-corrected chi connectivity index (χ4v) is 2.18. The molecule has 2 rings (SSSR count). The third-order valence-corrected chi connectivity index (χ3v) is 3.00. The van der Waals surface area contributed by atoms with Crippen LogP contribution >= 0.6 is 0 Å². The molecule has 1 N–H and O–H groups in total. The van der Waals surface area contributed by atoms with Crippen LogP contribution in [-0.4, -0.2) is 50.2 Å². The molecule has 78 valence electrons. The van der Waals surface area contributed by atoms with Crippen LogP contribution in [-0.2, 0) is 14.2 Å². The number of ether oxygens (including phenoxy) is 3. The van der Waals surface area contributed by atoms with Crippen molar-refractivity contribution in [2.24, 2.45) is 0 Å². The van der Waals surface area contributed by atoms with Gasteiger partial charge in [0.1, 0.15) is 32.4 Å². The van der Waals surface area contributed by atoms with E-state index in [1.165, 1.54) is 0 Å². The maximum absolute atomic E-state index is 10.4. The molecule has 0 saturated carbocycles. The fraction of sp³-hybridized carbons (Fsp3) is 0.778. The van der Waals surface area contributed by atoms with Crippen LogP contribution < -0.4 is 0 Å². The molecule has 2 aliphatic rings. The minimum absolute atomic E-state index is 0.149. The highest BCUT2D eigenvalue weighted by Gasteiger charge is 2.54. The van der Waals surface area contributed by atoms with E-state index >= 15 is 0 Å². The first-order valence-corrected chi connectivity index (χ1v) is 4.86. The predicted molar refractivity (Wildman–Crippen MR) is 52.7 cm³/mol. The fourth-order valence-electron chi connectivity index (χ4n) is 2.18. The molecule has 0 aromatic rings. The first kappa shape index (κ1) is 10.2. The summed E-state index contributed by atoms with van der Waals surface area (Å²) in [6.45, 7) is 4.37. The monoisotopic (exact) mass is 198 g/mol. The van der Waals surface area contributed by atoms with Crippen molar-refractivity contribution in [2.45, 2.75) is 30.2 Å². The molecule has 0 amide bonds. The summed E-state index contributed by atoms with van der Waals surface area (Å²) in [5.41, 5.74) is -0.948. The maximum Gasteiger partial charge on any atom is 0.147 e. The minimum atomic E-state index is -0.948. The van der Waals surface area contributed by atoms with Gasteiger partial charge in [0, 0.05) is 0 Å². The van der Waals surface area contributed by atoms with E-state index in [9.17, 15) is 5.11 Å². The highest BCUT2D eigenvalue weighted by Crippen LogP contribution is 2.36. The molecule has 2 unspecified atom stereocenters. The van der Waals surface area contributed by atoms with Crippen LogP contribution in [0.1, 0.15) is 6.42 Å². The van der Waals surface area contributed by atoms with Crippen LogP contribution in [0, 0.1) is 0 Å². The summed E-state index contributed by atoms with van der Waals surface area (Å²) < 4.78 is 16.1. The zero-order chi connectivity index (χ0) is 10.2. The van der Waals surface area contributed by atoms with Crippen LogP contribution in [0.15, 0.2) is 12.7 Å². The van der Waals surface area contributed by atoms with Crippen molar-refractivity contribution in [1.82, 2.24) is 0 Å². The Morgan fingerprint density at radius 3 is 3.14 bits per heavy atom. The topological polar surface area (TPSA) is 47.9 Å². The van der Waals surface area contributed by atoms with Crippen LogP contribution in [0.2, 0.25) is 0 Å². The van der Waals surface area contributed by atoms with E-state index in [0.29, 0.717) is 13.0 Å². The van der Waals surface area contributed by atoms with Gasteiger partial charge in [-0.05, 0) is 6.42 Å². The van der Waals surface area contributed by atoms with Gasteiger partial charge in [-0.25, -0.2) is 0 Å². The van der Waals surface area contributed by atoms with Crippen molar-refractivity contribution < 1.29 is 19.3 Å². The molecule has 0 spiro atoms. The molecular formula is C9H15BO4. The van der Waals surface area contributed by atoms with Gasteiger partial charge < -0.3 is 19.3 Å². The molecule has 5 heteroatoms. The standard InChI is InChI=1S/C9H15BO4/c1-2-3-9(11)7-6(14-8(9)10)4-12-5-13-7/h2,6-8,11H,1,3-5,10H2/t6?,7-,8?,9-/m1/s1. The van der Waals surface area contributed by atoms with Crippen molar-refractivity contribution in [3.05, 3.63) is 12.7 Å². The van der Waals surface area contributed by atoms with E-state index < -0.39 is 5.60 Å². The lowest BCUT2D eigenvalue weighted by Gasteiger charge is -2.34. The molecule has 4 atom stereocenters. The SMILES string of the molecule is BC1OC2COCO[C@H]2[C@]1(O)CC=C. The zero-order valence-corrected chi connectivity index (χ0v) is 8.31. The summed E-state index contributed by atoms with van der Waals surface area (Å²) >= 11 is 0. The van der Waals surface area contributed by atoms with Gasteiger partial charge in [0.15, 0.2) is 0 Å². The quantitative estimate of drug-likeness (QED) is 0.457. The maximum atomic E-state index is 10.4. The Labute approximate surface area is 84.2 Å². The molecule has 0 bridgehead atoms. The zero-order valence-electron chi connectivity index (χ0n) is 8.31. The van der Waals surface area contributed by atoms with E-state index in [-0.39, 0.29) is 25.0 Å². The first-order chi connectivity index (χ1) is 6.68.